The number of carbonyl (C=O) groups is 1. The van der Waals surface area contributed by atoms with E-state index in [-0.39, 0.29) is 5.91 Å². The molecule has 21 heavy (non-hydrogen) atoms. The minimum Gasteiger partial charge on any atom is -0.356 e. The van der Waals surface area contributed by atoms with E-state index in [1.54, 1.807) is 11.8 Å². The van der Waals surface area contributed by atoms with E-state index in [9.17, 15) is 4.79 Å². The number of amides is 1. The van der Waals surface area contributed by atoms with Gasteiger partial charge in [0, 0.05) is 23.6 Å². The van der Waals surface area contributed by atoms with E-state index >= 15 is 0 Å². The van der Waals surface area contributed by atoms with Crippen molar-refractivity contribution in [2.24, 2.45) is 5.92 Å². The van der Waals surface area contributed by atoms with Crippen LogP contribution in [0.1, 0.15) is 25.7 Å². The predicted molar refractivity (Wildman–Crippen MR) is 89.6 cm³/mol. The maximum Gasteiger partial charge on any atom is 0.220 e. The van der Waals surface area contributed by atoms with Crippen molar-refractivity contribution in [3.8, 4) is 0 Å². The highest BCUT2D eigenvalue weighted by Crippen LogP contribution is 2.19. The van der Waals surface area contributed by atoms with Crippen molar-refractivity contribution < 1.29 is 4.79 Å². The summed E-state index contributed by atoms with van der Waals surface area (Å²) in [7, 11) is 2.18. The lowest BCUT2D eigenvalue weighted by Crippen LogP contribution is -2.32. The fraction of sp³-hybridized carbons (Fsp3) is 0.588. The lowest BCUT2D eigenvalue weighted by Gasteiger charge is -2.28. The first kappa shape index (κ1) is 16.4. The van der Waals surface area contributed by atoms with E-state index in [1.807, 2.05) is 18.2 Å². The van der Waals surface area contributed by atoms with Crippen molar-refractivity contribution >= 4 is 17.7 Å². The van der Waals surface area contributed by atoms with Crippen LogP contribution in [-0.4, -0.2) is 43.2 Å². The molecule has 0 aromatic heterocycles. The summed E-state index contributed by atoms with van der Waals surface area (Å²) >= 11 is 1.74. The van der Waals surface area contributed by atoms with Gasteiger partial charge in [0.1, 0.15) is 0 Å². The SMILES string of the molecule is CN1CCC(CCNC(=O)CCSc2ccccc2)CC1. The number of thioether (sulfide) groups is 1. The van der Waals surface area contributed by atoms with Crippen LogP contribution < -0.4 is 5.32 Å². The van der Waals surface area contributed by atoms with E-state index in [1.165, 1.54) is 30.8 Å². The minimum absolute atomic E-state index is 0.186. The molecular weight excluding hydrogens is 280 g/mol. The van der Waals surface area contributed by atoms with Crippen molar-refractivity contribution in [3.05, 3.63) is 30.3 Å². The molecule has 1 aromatic carbocycles. The molecular formula is C17H26N2OS. The normalized spacial score (nSPS) is 16.8. The molecule has 1 aliphatic heterocycles. The van der Waals surface area contributed by atoms with Gasteiger partial charge in [0.25, 0.3) is 0 Å². The van der Waals surface area contributed by atoms with Crippen molar-refractivity contribution in [2.75, 3.05) is 32.4 Å². The molecule has 1 aromatic rings. The molecule has 2 rings (SSSR count). The smallest absolute Gasteiger partial charge is 0.220 e. The molecule has 1 fully saturated rings. The van der Waals surface area contributed by atoms with Crippen LogP contribution in [0.25, 0.3) is 0 Å². The zero-order valence-corrected chi connectivity index (χ0v) is 13.7. The van der Waals surface area contributed by atoms with Gasteiger partial charge in [0.15, 0.2) is 0 Å². The molecule has 1 saturated heterocycles. The number of carbonyl (C=O) groups excluding carboxylic acids is 1. The number of nitrogens with zero attached hydrogens (tertiary/aromatic N) is 1. The molecule has 0 saturated carbocycles. The average Bonchev–Trinajstić information content (AvgIpc) is 2.50. The van der Waals surface area contributed by atoms with Gasteiger partial charge in [-0.3, -0.25) is 4.79 Å². The molecule has 0 aliphatic carbocycles. The Labute approximate surface area is 132 Å². The summed E-state index contributed by atoms with van der Waals surface area (Å²) < 4.78 is 0. The average molecular weight is 306 g/mol. The molecule has 0 unspecified atom stereocenters. The van der Waals surface area contributed by atoms with E-state index in [2.05, 4.69) is 29.4 Å². The number of piperidine rings is 1. The Morgan fingerprint density at radius 3 is 2.71 bits per heavy atom. The first-order valence-electron chi connectivity index (χ1n) is 7.87. The summed E-state index contributed by atoms with van der Waals surface area (Å²) in [6.07, 6.45) is 4.28. The fourth-order valence-corrected chi connectivity index (χ4v) is 3.51. The third kappa shape index (κ3) is 6.53. The van der Waals surface area contributed by atoms with Gasteiger partial charge in [0.2, 0.25) is 5.91 Å². The fourth-order valence-electron chi connectivity index (χ4n) is 2.63. The van der Waals surface area contributed by atoms with Crippen molar-refractivity contribution in [3.63, 3.8) is 0 Å². The Morgan fingerprint density at radius 1 is 1.29 bits per heavy atom. The topological polar surface area (TPSA) is 32.3 Å². The van der Waals surface area contributed by atoms with Crippen molar-refractivity contribution in [2.45, 2.75) is 30.6 Å². The van der Waals surface area contributed by atoms with Gasteiger partial charge in [-0.15, -0.1) is 11.8 Å². The van der Waals surface area contributed by atoms with Crippen LogP contribution in [0.15, 0.2) is 35.2 Å². The van der Waals surface area contributed by atoms with Crippen LogP contribution in [0, 0.1) is 5.92 Å². The molecule has 0 bridgehead atoms. The van der Waals surface area contributed by atoms with Crippen LogP contribution in [0.4, 0.5) is 0 Å². The second-order valence-corrected chi connectivity index (χ2v) is 6.97. The molecule has 0 radical (unpaired) electrons. The standard InChI is InChI=1S/C17H26N2OS/c1-19-12-8-15(9-13-19)7-11-18-17(20)10-14-21-16-5-3-2-4-6-16/h2-6,15H,7-14H2,1H3,(H,18,20). The highest BCUT2D eigenvalue weighted by Gasteiger charge is 2.16. The Bertz CT molecular complexity index is 416. The second kappa shape index (κ2) is 9.11. The molecule has 116 valence electrons. The van der Waals surface area contributed by atoms with Crippen LogP contribution in [0.5, 0.6) is 0 Å². The third-order valence-corrected chi connectivity index (χ3v) is 5.07. The summed E-state index contributed by atoms with van der Waals surface area (Å²) in [6, 6.07) is 10.2. The Morgan fingerprint density at radius 2 is 2.00 bits per heavy atom. The highest BCUT2D eigenvalue weighted by molar-refractivity contribution is 7.99. The largest absolute Gasteiger partial charge is 0.356 e. The predicted octanol–water partition coefficient (Wildman–Crippen LogP) is 3.02. The van der Waals surface area contributed by atoms with Crippen LogP contribution in [-0.2, 0) is 4.79 Å². The van der Waals surface area contributed by atoms with E-state index in [0.717, 1.165) is 24.6 Å². The summed E-state index contributed by atoms with van der Waals surface area (Å²) in [4.78, 5) is 15.4. The molecule has 0 spiro atoms. The van der Waals surface area contributed by atoms with Crippen molar-refractivity contribution in [1.29, 1.82) is 0 Å². The number of hydrogen-bond donors (Lipinski definition) is 1. The van der Waals surface area contributed by atoms with Gasteiger partial charge in [-0.1, -0.05) is 18.2 Å². The summed E-state index contributed by atoms with van der Waals surface area (Å²) in [5.41, 5.74) is 0. The second-order valence-electron chi connectivity index (χ2n) is 5.80. The number of hydrogen-bond acceptors (Lipinski definition) is 3. The van der Waals surface area contributed by atoms with Crippen molar-refractivity contribution in [1.82, 2.24) is 10.2 Å². The van der Waals surface area contributed by atoms with E-state index < -0.39 is 0 Å². The number of nitrogens with one attached hydrogen (secondary N) is 1. The maximum absolute atomic E-state index is 11.8. The highest BCUT2D eigenvalue weighted by atomic mass is 32.2. The Hall–Kier alpha value is -1.00. The zero-order chi connectivity index (χ0) is 14.9. The molecule has 3 nitrogen and oxygen atoms in total. The third-order valence-electron chi connectivity index (χ3n) is 4.05. The summed E-state index contributed by atoms with van der Waals surface area (Å²) in [6.45, 7) is 3.24. The quantitative estimate of drug-likeness (QED) is 0.786. The maximum atomic E-state index is 11.8. The molecule has 0 atom stereocenters. The first-order chi connectivity index (χ1) is 10.2. The number of likely N-dealkylation sites (tertiary alicyclic amines) is 1. The monoisotopic (exact) mass is 306 g/mol. The lowest BCUT2D eigenvalue weighted by atomic mass is 9.94. The lowest BCUT2D eigenvalue weighted by molar-refractivity contribution is -0.120. The van der Waals surface area contributed by atoms with Crippen LogP contribution >= 0.6 is 11.8 Å². The van der Waals surface area contributed by atoms with E-state index in [0.29, 0.717) is 6.42 Å². The van der Waals surface area contributed by atoms with Gasteiger partial charge in [-0.25, -0.2) is 0 Å². The molecule has 1 amide bonds. The van der Waals surface area contributed by atoms with Gasteiger partial charge in [0.05, 0.1) is 0 Å². The molecule has 1 aliphatic rings. The van der Waals surface area contributed by atoms with Crippen LogP contribution in [0.3, 0.4) is 0 Å². The minimum atomic E-state index is 0.186. The van der Waals surface area contributed by atoms with E-state index in [4.69, 9.17) is 0 Å². The Balaban J connectivity index is 1.52. The summed E-state index contributed by atoms with van der Waals surface area (Å²) in [5, 5.41) is 3.06. The molecule has 4 heteroatoms. The molecule has 1 heterocycles. The summed E-state index contributed by atoms with van der Waals surface area (Å²) in [5.74, 6) is 1.83. The zero-order valence-electron chi connectivity index (χ0n) is 12.9. The van der Waals surface area contributed by atoms with Gasteiger partial charge in [-0.05, 0) is 57.5 Å². The molecule has 1 N–H and O–H groups in total. The van der Waals surface area contributed by atoms with Gasteiger partial charge in [-0.2, -0.15) is 0 Å². The van der Waals surface area contributed by atoms with Gasteiger partial charge >= 0.3 is 0 Å². The number of benzene rings is 1. The number of rotatable bonds is 7. The first-order valence-corrected chi connectivity index (χ1v) is 8.85. The van der Waals surface area contributed by atoms with Crippen LogP contribution in [0.2, 0.25) is 0 Å². The Kier molecular flexibility index (Phi) is 7.10. The van der Waals surface area contributed by atoms with Gasteiger partial charge < -0.3 is 10.2 Å².